The zero-order chi connectivity index (χ0) is 47.7. The fourth-order valence-corrected chi connectivity index (χ4v) is 15.3. The molecule has 0 saturated heterocycles. The lowest BCUT2D eigenvalue weighted by molar-refractivity contribution is 1.68. The molecule has 19 aromatic rings. The Morgan fingerprint density at radius 2 is 0.446 bits per heavy atom. The Morgan fingerprint density at radius 3 is 1.03 bits per heavy atom. The van der Waals surface area contributed by atoms with Crippen LogP contribution in [0.1, 0.15) is 0 Å². The van der Waals surface area contributed by atoms with Crippen molar-refractivity contribution in [3.05, 3.63) is 231 Å². The maximum atomic E-state index is 2.49. The molecule has 74 heavy (non-hydrogen) atoms. The largest absolute Gasteiger partial charge is 0.0622 e. The van der Waals surface area contributed by atoms with Gasteiger partial charge >= 0.3 is 0 Å². The highest BCUT2D eigenvalue weighted by molar-refractivity contribution is 6.53. The highest BCUT2D eigenvalue weighted by Crippen LogP contribution is 2.59. The molecule has 0 heteroatoms. The van der Waals surface area contributed by atoms with Crippen LogP contribution in [0.3, 0.4) is 0 Å². The zero-order valence-electron chi connectivity index (χ0n) is 39.9. The molecule has 0 aliphatic carbocycles. The van der Waals surface area contributed by atoms with Crippen LogP contribution in [-0.2, 0) is 0 Å². The van der Waals surface area contributed by atoms with Crippen molar-refractivity contribution in [2.45, 2.75) is 0 Å². The zero-order valence-corrected chi connectivity index (χ0v) is 39.9. The van der Waals surface area contributed by atoms with E-state index in [-0.39, 0.29) is 0 Å². The monoisotopic (exact) mass is 926 g/mol. The van der Waals surface area contributed by atoms with Gasteiger partial charge in [0.05, 0.1) is 0 Å². The minimum absolute atomic E-state index is 1.25. The number of hydrogen-bond acceptors (Lipinski definition) is 0. The molecule has 0 aromatic heterocycles. The van der Waals surface area contributed by atoms with E-state index in [2.05, 4.69) is 231 Å². The van der Waals surface area contributed by atoms with E-state index in [9.17, 15) is 0 Å². The lowest BCUT2D eigenvalue weighted by atomic mass is 9.87. The van der Waals surface area contributed by atoms with Gasteiger partial charge in [-0.2, -0.15) is 0 Å². The Labute approximate surface area is 423 Å². The third kappa shape index (κ3) is 4.35. The standard InChI is InChI=1S/C74H38/c1-3-16-41(17-4-1)60-69-52-28-12-21-40-22-13-29-53(59(40)52)70(69)61(42-18-5-2-6-19-42)72-56-36-32-49-51-34-38-58-67-57(37-33-50(63(51)67)48-31-35-55(71(60)72)66(56)62(48)49)73-64(45-26-11-20-39-15-7-8-23-43(39)45)54-30-14-27-46-44-24-9-10-25-47(44)68(65(46)54)74(58)73/h1-38H. The van der Waals surface area contributed by atoms with Crippen LogP contribution in [0.5, 0.6) is 0 Å². The summed E-state index contributed by atoms with van der Waals surface area (Å²) in [4.78, 5) is 0. The summed E-state index contributed by atoms with van der Waals surface area (Å²) in [5.74, 6) is 0. The number of hydrogen-bond donors (Lipinski definition) is 0. The molecular weight excluding hydrogens is 889 g/mol. The van der Waals surface area contributed by atoms with E-state index < -0.39 is 0 Å². The molecule has 0 atom stereocenters. The van der Waals surface area contributed by atoms with E-state index in [1.165, 1.54) is 195 Å². The van der Waals surface area contributed by atoms with Gasteiger partial charge in [0.2, 0.25) is 0 Å². The van der Waals surface area contributed by atoms with E-state index in [4.69, 9.17) is 0 Å². The second-order valence-electron chi connectivity index (χ2n) is 21.1. The van der Waals surface area contributed by atoms with Crippen LogP contribution < -0.4 is 0 Å². The van der Waals surface area contributed by atoms with Gasteiger partial charge in [-0.3, -0.25) is 0 Å². The van der Waals surface area contributed by atoms with Crippen LogP contribution in [0, 0.1) is 0 Å². The Bertz CT molecular complexity index is 5450. The molecule has 0 fully saturated rings. The van der Waals surface area contributed by atoms with Gasteiger partial charge in [-0.25, -0.2) is 0 Å². The molecule has 0 nitrogen and oxygen atoms in total. The molecule has 19 rings (SSSR count). The van der Waals surface area contributed by atoms with Gasteiger partial charge in [0.25, 0.3) is 0 Å². The maximum Gasteiger partial charge on any atom is -0.000696 e. The predicted octanol–water partition coefficient (Wildman–Crippen LogP) is 21.2. The fraction of sp³-hybridized carbons (Fsp3) is 0. The first-order valence-corrected chi connectivity index (χ1v) is 26.1. The molecule has 0 unspecified atom stereocenters. The van der Waals surface area contributed by atoms with Crippen molar-refractivity contribution in [2.24, 2.45) is 0 Å². The molecule has 0 amide bonds. The molecule has 0 bridgehead atoms. The van der Waals surface area contributed by atoms with E-state index in [0.29, 0.717) is 0 Å². The van der Waals surface area contributed by atoms with Gasteiger partial charge in [0.15, 0.2) is 0 Å². The number of benzene rings is 15. The third-order valence-electron chi connectivity index (χ3n) is 17.9. The van der Waals surface area contributed by atoms with E-state index >= 15 is 0 Å². The summed E-state index contributed by atoms with van der Waals surface area (Å²) in [5.41, 5.74) is 7.79. The van der Waals surface area contributed by atoms with Crippen molar-refractivity contribution in [2.75, 3.05) is 0 Å². The van der Waals surface area contributed by atoms with E-state index in [1.807, 2.05) is 0 Å². The first kappa shape index (κ1) is 38.1. The quantitative estimate of drug-likeness (QED) is 0.122. The average molecular weight is 927 g/mol. The van der Waals surface area contributed by atoms with E-state index in [1.54, 1.807) is 0 Å². The molecule has 0 N–H and O–H groups in total. The smallest absolute Gasteiger partial charge is 0.000696 e. The van der Waals surface area contributed by atoms with Crippen LogP contribution in [0.25, 0.3) is 195 Å². The molecule has 0 saturated carbocycles. The first-order chi connectivity index (χ1) is 36.8. The SMILES string of the molecule is c1ccc(-c2c3c4cccc5cccc(c3c(-c3ccccc3)c3c6ccc7c8ccc9c%10c(ccc(c%11ccc(c23)c6c%117)c8%10)c2c(-c3cccc6ccccc36)c3cccc6c7ccccc7c(c36)c92)c54)cc1. The maximum absolute atomic E-state index is 2.49. The summed E-state index contributed by atoms with van der Waals surface area (Å²) >= 11 is 0. The summed E-state index contributed by atoms with van der Waals surface area (Å²) in [7, 11) is 0. The average Bonchev–Trinajstić information content (AvgIpc) is 4.23. The van der Waals surface area contributed by atoms with Gasteiger partial charge in [0, 0.05) is 0 Å². The van der Waals surface area contributed by atoms with E-state index in [0.717, 1.165) is 0 Å². The van der Waals surface area contributed by atoms with Crippen molar-refractivity contribution in [1.82, 2.24) is 0 Å². The van der Waals surface area contributed by atoms with Crippen LogP contribution >= 0.6 is 0 Å². The van der Waals surface area contributed by atoms with Crippen molar-refractivity contribution >= 4 is 162 Å². The Balaban J connectivity index is 1.02. The molecule has 0 aliphatic heterocycles. The van der Waals surface area contributed by atoms with Crippen LogP contribution in [0.2, 0.25) is 0 Å². The van der Waals surface area contributed by atoms with Crippen LogP contribution in [-0.4, -0.2) is 0 Å². The van der Waals surface area contributed by atoms with Crippen LogP contribution in [0.4, 0.5) is 0 Å². The second-order valence-corrected chi connectivity index (χ2v) is 21.1. The molecule has 0 aliphatic rings. The summed E-state index contributed by atoms with van der Waals surface area (Å²) < 4.78 is 0. The molecule has 19 aromatic carbocycles. The summed E-state index contributed by atoms with van der Waals surface area (Å²) in [6.07, 6.45) is 0. The van der Waals surface area contributed by atoms with Gasteiger partial charge < -0.3 is 0 Å². The first-order valence-electron chi connectivity index (χ1n) is 26.1. The minimum Gasteiger partial charge on any atom is -0.0622 e. The second kappa shape index (κ2) is 13.3. The van der Waals surface area contributed by atoms with Gasteiger partial charge in [0.1, 0.15) is 0 Å². The van der Waals surface area contributed by atoms with Crippen molar-refractivity contribution in [1.29, 1.82) is 0 Å². The highest BCUT2D eigenvalue weighted by atomic mass is 14.3. The lowest BCUT2D eigenvalue weighted by Crippen LogP contribution is -1.87. The van der Waals surface area contributed by atoms with Gasteiger partial charge in [-0.1, -0.05) is 231 Å². The predicted molar refractivity (Wildman–Crippen MR) is 321 cm³/mol. The lowest BCUT2D eigenvalue weighted by Gasteiger charge is -2.15. The number of rotatable bonds is 3. The van der Waals surface area contributed by atoms with Crippen molar-refractivity contribution in [3.63, 3.8) is 0 Å². The summed E-state index contributed by atoms with van der Waals surface area (Å²) in [5, 5.41) is 40.1. The Morgan fingerprint density at radius 1 is 0.135 bits per heavy atom. The molecular formula is C74H38. The Kier molecular flexibility index (Phi) is 6.83. The third-order valence-corrected chi connectivity index (χ3v) is 17.9. The molecule has 0 radical (unpaired) electrons. The van der Waals surface area contributed by atoms with Crippen molar-refractivity contribution in [3.8, 4) is 33.4 Å². The van der Waals surface area contributed by atoms with Gasteiger partial charge in [-0.05, 0) is 195 Å². The normalized spacial score (nSPS) is 12.9. The number of fused-ring (bicyclic) bond motifs is 16. The highest BCUT2D eigenvalue weighted by Gasteiger charge is 2.31. The molecule has 0 heterocycles. The fourth-order valence-electron chi connectivity index (χ4n) is 15.3. The van der Waals surface area contributed by atoms with Crippen molar-refractivity contribution < 1.29 is 0 Å². The minimum atomic E-state index is 1.25. The summed E-state index contributed by atoms with van der Waals surface area (Å²) in [6, 6.07) is 88.1. The Hall–Kier alpha value is -9.62. The molecule has 334 valence electrons. The summed E-state index contributed by atoms with van der Waals surface area (Å²) in [6.45, 7) is 0. The topological polar surface area (TPSA) is 0 Å². The van der Waals surface area contributed by atoms with Gasteiger partial charge in [-0.15, -0.1) is 0 Å². The molecule has 0 spiro atoms. The van der Waals surface area contributed by atoms with Crippen LogP contribution in [0.15, 0.2) is 231 Å².